The molecule has 0 saturated carbocycles. The van der Waals surface area contributed by atoms with Crippen LogP contribution < -0.4 is 0 Å². The van der Waals surface area contributed by atoms with Crippen molar-refractivity contribution in [1.29, 1.82) is 0 Å². The fourth-order valence-corrected chi connectivity index (χ4v) is 0.982. The molecule has 0 rings (SSSR count). The van der Waals surface area contributed by atoms with Gasteiger partial charge in [0.2, 0.25) is 0 Å². The Bertz CT molecular complexity index is 135. The van der Waals surface area contributed by atoms with E-state index < -0.39 is 0 Å². The van der Waals surface area contributed by atoms with E-state index in [1.165, 1.54) is 6.47 Å². The molecule has 0 spiro atoms. The zero-order chi connectivity index (χ0) is 9.78. The van der Waals surface area contributed by atoms with Gasteiger partial charge < -0.3 is 4.74 Å². The number of carbonyl (C=O) groups excluding carboxylic acids is 1. The summed E-state index contributed by atoms with van der Waals surface area (Å²) in [5.41, 5.74) is 0.278. The standard InChI is InChI=1S/C10H19O2/c1-8(10(3,4)5)6-9(2)12-7-11/h8-9H,6H2,1-5H3. The van der Waals surface area contributed by atoms with Crippen LogP contribution in [0.3, 0.4) is 0 Å². The molecular formula is C10H19O2. The van der Waals surface area contributed by atoms with Crippen LogP contribution >= 0.6 is 0 Å². The fourth-order valence-electron chi connectivity index (χ4n) is 0.982. The lowest BCUT2D eigenvalue weighted by Gasteiger charge is -2.28. The molecule has 2 heteroatoms. The minimum atomic E-state index is -0.0169. The van der Waals surface area contributed by atoms with Gasteiger partial charge in [0, 0.05) is 0 Å². The zero-order valence-corrected chi connectivity index (χ0v) is 8.68. The van der Waals surface area contributed by atoms with E-state index >= 15 is 0 Å². The molecule has 2 atom stereocenters. The number of hydrogen-bond donors (Lipinski definition) is 0. The van der Waals surface area contributed by atoms with Gasteiger partial charge in [0.1, 0.15) is 0 Å². The van der Waals surface area contributed by atoms with E-state index in [9.17, 15) is 4.79 Å². The van der Waals surface area contributed by atoms with Crippen LogP contribution in [-0.2, 0) is 9.53 Å². The van der Waals surface area contributed by atoms with E-state index in [4.69, 9.17) is 4.74 Å². The summed E-state index contributed by atoms with van der Waals surface area (Å²) in [7, 11) is 0. The molecule has 0 aliphatic heterocycles. The lowest BCUT2D eigenvalue weighted by atomic mass is 9.79. The first-order valence-electron chi connectivity index (χ1n) is 4.40. The van der Waals surface area contributed by atoms with E-state index in [2.05, 4.69) is 27.7 Å². The first kappa shape index (κ1) is 11.5. The van der Waals surface area contributed by atoms with Gasteiger partial charge in [-0.05, 0) is 24.7 Å². The molecule has 0 saturated heterocycles. The largest absolute Gasteiger partial charge is 0.454 e. The molecule has 0 aliphatic carbocycles. The summed E-state index contributed by atoms with van der Waals surface area (Å²) < 4.78 is 4.70. The second-order valence-corrected chi connectivity index (χ2v) is 4.51. The van der Waals surface area contributed by atoms with Crippen molar-refractivity contribution in [2.45, 2.75) is 47.1 Å². The first-order chi connectivity index (χ1) is 5.38. The summed E-state index contributed by atoms with van der Waals surface area (Å²) in [5, 5.41) is 0. The molecule has 1 radical (unpaired) electrons. The number of rotatable bonds is 4. The summed E-state index contributed by atoms with van der Waals surface area (Å²) >= 11 is 0. The average molecular weight is 171 g/mol. The summed E-state index contributed by atoms with van der Waals surface area (Å²) in [6, 6.07) is 0. The monoisotopic (exact) mass is 171 g/mol. The van der Waals surface area contributed by atoms with E-state index in [-0.39, 0.29) is 11.5 Å². The SMILES string of the molecule is CC(CC(C)C(C)(C)C)O[C]=O. The van der Waals surface area contributed by atoms with Gasteiger partial charge in [0.25, 0.3) is 0 Å². The first-order valence-corrected chi connectivity index (χ1v) is 4.40. The highest BCUT2D eigenvalue weighted by atomic mass is 16.5. The summed E-state index contributed by atoms with van der Waals surface area (Å²) in [5.74, 6) is 0.542. The van der Waals surface area contributed by atoms with Crippen molar-refractivity contribution in [2.75, 3.05) is 0 Å². The van der Waals surface area contributed by atoms with Gasteiger partial charge in [0.15, 0.2) is 0 Å². The number of hydrogen-bond acceptors (Lipinski definition) is 2. The van der Waals surface area contributed by atoms with Gasteiger partial charge in [-0.1, -0.05) is 27.7 Å². The Morgan fingerprint density at radius 2 is 1.83 bits per heavy atom. The quantitative estimate of drug-likeness (QED) is 0.649. The van der Waals surface area contributed by atoms with E-state index in [1.54, 1.807) is 0 Å². The highest BCUT2D eigenvalue weighted by molar-refractivity contribution is 5.38. The molecule has 0 aromatic rings. The molecule has 0 amide bonds. The van der Waals surface area contributed by atoms with Crippen LogP contribution in [0.25, 0.3) is 0 Å². The summed E-state index contributed by atoms with van der Waals surface area (Å²) in [6.07, 6.45) is 0.885. The Morgan fingerprint density at radius 1 is 1.33 bits per heavy atom. The second-order valence-electron chi connectivity index (χ2n) is 4.51. The average Bonchev–Trinajstić information content (AvgIpc) is 1.85. The molecule has 2 unspecified atom stereocenters. The molecule has 0 heterocycles. The lowest BCUT2D eigenvalue weighted by Crippen LogP contribution is -2.22. The van der Waals surface area contributed by atoms with Crippen LogP contribution in [0.2, 0.25) is 0 Å². The van der Waals surface area contributed by atoms with Gasteiger partial charge in [-0.2, -0.15) is 0 Å². The maximum Gasteiger partial charge on any atom is 0.417 e. The normalized spacial score (nSPS) is 16.8. The molecule has 0 aromatic carbocycles. The third kappa shape index (κ3) is 4.37. The third-order valence-electron chi connectivity index (χ3n) is 2.41. The molecule has 2 nitrogen and oxygen atoms in total. The van der Waals surface area contributed by atoms with Crippen molar-refractivity contribution >= 4 is 6.47 Å². The summed E-state index contributed by atoms with van der Waals surface area (Å²) in [6.45, 7) is 12.1. The van der Waals surface area contributed by atoms with Crippen LogP contribution in [0.15, 0.2) is 0 Å². The van der Waals surface area contributed by atoms with Gasteiger partial charge >= 0.3 is 6.47 Å². The molecule has 0 N–H and O–H groups in total. The molecule has 12 heavy (non-hydrogen) atoms. The van der Waals surface area contributed by atoms with Crippen molar-refractivity contribution in [3.8, 4) is 0 Å². The fraction of sp³-hybridized carbons (Fsp3) is 0.900. The van der Waals surface area contributed by atoms with E-state index in [1.807, 2.05) is 6.92 Å². The number of ether oxygens (including phenoxy) is 1. The van der Waals surface area contributed by atoms with Crippen molar-refractivity contribution < 1.29 is 9.53 Å². The zero-order valence-electron chi connectivity index (χ0n) is 8.68. The van der Waals surface area contributed by atoms with E-state index in [0.717, 1.165) is 6.42 Å². The maximum absolute atomic E-state index is 9.90. The predicted octanol–water partition coefficient (Wildman–Crippen LogP) is 2.53. The van der Waals surface area contributed by atoms with Gasteiger partial charge in [-0.25, -0.2) is 4.79 Å². The maximum atomic E-state index is 9.90. The predicted molar refractivity (Wildman–Crippen MR) is 49.5 cm³/mol. The van der Waals surface area contributed by atoms with Gasteiger partial charge in [-0.15, -0.1) is 0 Å². The van der Waals surface area contributed by atoms with Crippen molar-refractivity contribution in [3.63, 3.8) is 0 Å². The Kier molecular flexibility index (Phi) is 4.29. The second kappa shape index (κ2) is 4.48. The molecule has 0 bridgehead atoms. The van der Waals surface area contributed by atoms with Crippen LogP contribution in [0, 0.1) is 11.3 Å². The van der Waals surface area contributed by atoms with Crippen LogP contribution in [0.5, 0.6) is 0 Å². The minimum Gasteiger partial charge on any atom is -0.454 e. The minimum absolute atomic E-state index is 0.0169. The smallest absolute Gasteiger partial charge is 0.417 e. The molecule has 0 aromatic heterocycles. The Morgan fingerprint density at radius 3 is 2.17 bits per heavy atom. The molecular weight excluding hydrogens is 152 g/mol. The molecule has 71 valence electrons. The highest BCUT2D eigenvalue weighted by Crippen LogP contribution is 2.29. The Balaban J connectivity index is 3.83. The van der Waals surface area contributed by atoms with Crippen molar-refractivity contribution in [3.05, 3.63) is 0 Å². The Labute approximate surface area is 75.3 Å². The highest BCUT2D eigenvalue weighted by Gasteiger charge is 2.22. The molecule has 0 aliphatic rings. The van der Waals surface area contributed by atoms with Crippen LogP contribution in [0.1, 0.15) is 41.0 Å². The lowest BCUT2D eigenvalue weighted by molar-refractivity contribution is 0.128. The van der Waals surface area contributed by atoms with Crippen molar-refractivity contribution in [2.24, 2.45) is 11.3 Å². The van der Waals surface area contributed by atoms with Gasteiger partial charge in [-0.3, -0.25) is 0 Å². The van der Waals surface area contributed by atoms with Crippen LogP contribution in [-0.4, -0.2) is 12.6 Å². The Hall–Kier alpha value is -0.530. The van der Waals surface area contributed by atoms with E-state index in [0.29, 0.717) is 5.92 Å². The van der Waals surface area contributed by atoms with Gasteiger partial charge in [0.05, 0.1) is 6.10 Å². The summed E-state index contributed by atoms with van der Waals surface area (Å²) in [4.78, 5) is 9.90. The third-order valence-corrected chi connectivity index (χ3v) is 2.41. The van der Waals surface area contributed by atoms with Crippen LogP contribution in [0.4, 0.5) is 0 Å². The topological polar surface area (TPSA) is 26.3 Å². The van der Waals surface area contributed by atoms with Crippen molar-refractivity contribution in [1.82, 2.24) is 0 Å². The molecule has 0 fully saturated rings.